The van der Waals surface area contributed by atoms with Crippen LogP contribution in [0.2, 0.25) is 0 Å². The second kappa shape index (κ2) is 5.70. The number of hydrogen-bond donors (Lipinski definition) is 1. The first-order valence-electron chi connectivity index (χ1n) is 7.68. The molecule has 3 rings (SSSR count). The molecule has 0 aliphatic heterocycles. The van der Waals surface area contributed by atoms with Crippen LogP contribution in [0.25, 0.3) is 0 Å². The fraction of sp³-hybridized carbons (Fsp3) is 0.368. The Morgan fingerprint density at radius 1 is 1.00 bits per heavy atom. The molecule has 1 N–H and O–H groups in total. The summed E-state index contributed by atoms with van der Waals surface area (Å²) in [5.41, 5.74) is 5.67. The predicted octanol–water partition coefficient (Wildman–Crippen LogP) is 4.92. The van der Waals surface area contributed by atoms with Gasteiger partial charge < -0.3 is 5.32 Å². The van der Waals surface area contributed by atoms with E-state index in [9.17, 15) is 0 Å². The zero-order valence-corrected chi connectivity index (χ0v) is 12.4. The number of anilines is 1. The molecule has 1 heteroatoms. The zero-order valence-electron chi connectivity index (χ0n) is 12.4. The summed E-state index contributed by atoms with van der Waals surface area (Å²) in [6, 6.07) is 18.1. The molecule has 0 aromatic heterocycles. The molecule has 2 aromatic rings. The standard InChI is InChI=1S/C19H23N/c1-3-15-11-7-8-14(2)19(15)20-18-12-17(13-18)16-9-5-4-6-10-16/h4-11,17-18,20H,3,12-13H2,1-2H3. The Balaban J connectivity index is 1.65. The van der Waals surface area contributed by atoms with Gasteiger partial charge in [0.15, 0.2) is 0 Å². The SMILES string of the molecule is CCc1cccc(C)c1NC1CC(c2ccccc2)C1. The Kier molecular flexibility index (Phi) is 3.77. The van der Waals surface area contributed by atoms with E-state index in [1.807, 2.05) is 0 Å². The van der Waals surface area contributed by atoms with Crippen molar-refractivity contribution in [3.8, 4) is 0 Å². The van der Waals surface area contributed by atoms with Gasteiger partial charge in [0.2, 0.25) is 0 Å². The lowest BCUT2D eigenvalue weighted by Gasteiger charge is -2.37. The molecule has 20 heavy (non-hydrogen) atoms. The summed E-state index contributed by atoms with van der Waals surface area (Å²) in [7, 11) is 0. The minimum atomic E-state index is 0.631. The lowest BCUT2D eigenvalue weighted by atomic mass is 9.75. The van der Waals surface area contributed by atoms with Crippen molar-refractivity contribution in [2.75, 3.05) is 5.32 Å². The fourth-order valence-electron chi connectivity index (χ4n) is 3.17. The van der Waals surface area contributed by atoms with Crippen molar-refractivity contribution < 1.29 is 0 Å². The average Bonchev–Trinajstić information content (AvgIpc) is 2.44. The molecule has 0 heterocycles. The highest BCUT2D eigenvalue weighted by atomic mass is 14.9. The van der Waals surface area contributed by atoms with Crippen molar-refractivity contribution in [1.29, 1.82) is 0 Å². The van der Waals surface area contributed by atoms with Gasteiger partial charge in [0.05, 0.1) is 0 Å². The number of nitrogens with one attached hydrogen (secondary N) is 1. The van der Waals surface area contributed by atoms with Gasteiger partial charge in [-0.2, -0.15) is 0 Å². The van der Waals surface area contributed by atoms with Gasteiger partial charge in [-0.1, -0.05) is 55.5 Å². The molecular formula is C19H23N. The van der Waals surface area contributed by atoms with Crippen LogP contribution in [0, 0.1) is 6.92 Å². The van der Waals surface area contributed by atoms with Gasteiger partial charge in [0.1, 0.15) is 0 Å². The molecule has 2 aromatic carbocycles. The van der Waals surface area contributed by atoms with Gasteiger partial charge in [-0.25, -0.2) is 0 Å². The van der Waals surface area contributed by atoms with Crippen molar-refractivity contribution in [1.82, 2.24) is 0 Å². The first-order chi connectivity index (χ1) is 9.78. The normalized spacial score (nSPS) is 21.3. The average molecular weight is 265 g/mol. The Bertz CT molecular complexity index is 568. The summed E-state index contributed by atoms with van der Waals surface area (Å²) >= 11 is 0. The first kappa shape index (κ1) is 13.2. The van der Waals surface area contributed by atoms with E-state index in [0.29, 0.717) is 6.04 Å². The lowest BCUT2D eigenvalue weighted by molar-refractivity contribution is 0.374. The van der Waals surface area contributed by atoms with Crippen molar-refractivity contribution in [3.05, 3.63) is 65.2 Å². The molecular weight excluding hydrogens is 242 g/mol. The fourth-order valence-corrected chi connectivity index (χ4v) is 3.17. The van der Waals surface area contributed by atoms with E-state index in [4.69, 9.17) is 0 Å². The van der Waals surface area contributed by atoms with Crippen LogP contribution in [0.4, 0.5) is 5.69 Å². The van der Waals surface area contributed by atoms with Gasteiger partial charge in [0, 0.05) is 11.7 Å². The molecule has 1 saturated carbocycles. The third-order valence-electron chi connectivity index (χ3n) is 4.50. The number of aryl methyl sites for hydroxylation is 2. The van der Waals surface area contributed by atoms with Crippen LogP contribution in [0.1, 0.15) is 42.4 Å². The summed E-state index contributed by atoms with van der Waals surface area (Å²) in [6.45, 7) is 4.43. The summed E-state index contributed by atoms with van der Waals surface area (Å²) in [5, 5.41) is 3.77. The minimum Gasteiger partial charge on any atom is -0.382 e. The number of para-hydroxylation sites is 1. The largest absolute Gasteiger partial charge is 0.382 e. The van der Waals surface area contributed by atoms with E-state index >= 15 is 0 Å². The molecule has 0 unspecified atom stereocenters. The van der Waals surface area contributed by atoms with Crippen molar-refractivity contribution in [2.45, 2.75) is 45.1 Å². The molecule has 1 aliphatic carbocycles. The maximum Gasteiger partial charge on any atom is 0.0404 e. The van der Waals surface area contributed by atoms with Crippen molar-refractivity contribution >= 4 is 5.69 Å². The summed E-state index contributed by atoms with van der Waals surface area (Å²) in [6.07, 6.45) is 3.60. The first-order valence-corrected chi connectivity index (χ1v) is 7.68. The van der Waals surface area contributed by atoms with E-state index in [0.717, 1.165) is 12.3 Å². The molecule has 1 nitrogen and oxygen atoms in total. The van der Waals surface area contributed by atoms with Crippen molar-refractivity contribution in [3.63, 3.8) is 0 Å². The summed E-state index contributed by atoms with van der Waals surface area (Å²) in [5.74, 6) is 0.739. The number of hydrogen-bond acceptors (Lipinski definition) is 1. The van der Waals surface area contributed by atoms with Gasteiger partial charge in [0.25, 0.3) is 0 Å². The molecule has 0 radical (unpaired) electrons. The van der Waals surface area contributed by atoms with E-state index < -0.39 is 0 Å². The highest BCUT2D eigenvalue weighted by Crippen LogP contribution is 2.39. The maximum atomic E-state index is 3.77. The van der Waals surface area contributed by atoms with Gasteiger partial charge in [-0.05, 0) is 48.8 Å². The van der Waals surface area contributed by atoms with Crippen LogP contribution in [-0.4, -0.2) is 6.04 Å². The van der Waals surface area contributed by atoms with E-state index in [1.54, 1.807) is 0 Å². The molecule has 0 spiro atoms. The maximum absolute atomic E-state index is 3.77. The molecule has 0 bridgehead atoms. The molecule has 0 amide bonds. The van der Waals surface area contributed by atoms with Gasteiger partial charge in [-0.3, -0.25) is 0 Å². The quantitative estimate of drug-likeness (QED) is 0.827. The number of benzene rings is 2. The monoisotopic (exact) mass is 265 g/mol. The van der Waals surface area contributed by atoms with Crippen LogP contribution >= 0.6 is 0 Å². The molecule has 1 fully saturated rings. The molecule has 1 aliphatic rings. The molecule has 0 saturated heterocycles. The second-order valence-electron chi connectivity index (χ2n) is 5.88. The van der Waals surface area contributed by atoms with Crippen LogP contribution in [0.5, 0.6) is 0 Å². The Labute approximate surface area is 122 Å². The van der Waals surface area contributed by atoms with E-state index in [-0.39, 0.29) is 0 Å². The zero-order chi connectivity index (χ0) is 13.9. The summed E-state index contributed by atoms with van der Waals surface area (Å²) < 4.78 is 0. The predicted molar refractivity (Wildman–Crippen MR) is 86.4 cm³/mol. The Hall–Kier alpha value is -1.76. The third-order valence-corrected chi connectivity index (χ3v) is 4.50. The van der Waals surface area contributed by atoms with Crippen molar-refractivity contribution in [2.24, 2.45) is 0 Å². The third kappa shape index (κ3) is 2.58. The Morgan fingerprint density at radius 2 is 1.75 bits per heavy atom. The summed E-state index contributed by atoms with van der Waals surface area (Å²) in [4.78, 5) is 0. The van der Waals surface area contributed by atoms with Crippen LogP contribution in [-0.2, 0) is 6.42 Å². The smallest absolute Gasteiger partial charge is 0.0404 e. The topological polar surface area (TPSA) is 12.0 Å². The highest BCUT2D eigenvalue weighted by Gasteiger charge is 2.30. The van der Waals surface area contributed by atoms with Crippen LogP contribution in [0.3, 0.4) is 0 Å². The van der Waals surface area contributed by atoms with Crippen LogP contribution in [0.15, 0.2) is 48.5 Å². The Morgan fingerprint density at radius 3 is 2.45 bits per heavy atom. The highest BCUT2D eigenvalue weighted by molar-refractivity contribution is 5.58. The number of rotatable bonds is 4. The van der Waals surface area contributed by atoms with Crippen LogP contribution < -0.4 is 5.32 Å². The van der Waals surface area contributed by atoms with Gasteiger partial charge in [-0.15, -0.1) is 0 Å². The second-order valence-corrected chi connectivity index (χ2v) is 5.88. The van der Waals surface area contributed by atoms with E-state index in [1.165, 1.54) is 35.2 Å². The molecule has 0 atom stereocenters. The minimum absolute atomic E-state index is 0.631. The lowest BCUT2D eigenvalue weighted by Crippen LogP contribution is -2.34. The van der Waals surface area contributed by atoms with E-state index in [2.05, 4.69) is 67.7 Å². The molecule has 104 valence electrons. The van der Waals surface area contributed by atoms with Gasteiger partial charge >= 0.3 is 0 Å².